The molecule has 2 N–H and O–H groups in total. The molecule has 33 heavy (non-hydrogen) atoms. The summed E-state index contributed by atoms with van der Waals surface area (Å²) in [6.45, 7) is 6.08. The molecule has 4 aromatic rings. The highest BCUT2D eigenvalue weighted by atomic mass is 19.1. The maximum absolute atomic E-state index is 14.6. The summed E-state index contributed by atoms with van der Waals surface area (Å²) in [6, 6.07) is 8.65. The Morgan fingerprint density at radius 1 is 1.09 bits per heavy atom. The molecule has 0 radical (unpaired) electrons. The van der Waals surface area contributed by atoms with Crippen LogP contribution in [0.25, 0.3) is 5.82 Å². The second-order valence-corrected chi connectivity index (χ2v) is 8.30. The summed E-state index contributed by atoms with van der Waals surface area (Å²) in [5, 5.41) is 13.6. The Bertz CT molecular complexity index is 1280. The van der Waals surface area contributed by atoms with Gasteiger partial charge in [-0.2, -0.15) is 10.2 Å². The van der Waals surface area contributed by atoms with E-state index < -0.39 is 11.8 Å². The van der Waals surface area contributed by atoms with Gasteiger partial charge in [0.25, 0.3) is 0 Å². The van der Waals surface area contributed by atoms with Crippen LogP contribution >= 0.6 is 0 Å². The lowest BCUT2D eigenvalue weighted by Crippen LogP contribution is -2.21. The number of pyridine rings is 1. The lowest BCUT2D eigenvalue weighted by molar-refractivity contribution is 0.262. The van der Waals surface area contributed by atoms with Gasteiger partial charge in [0.05, 0.1) is 11.4 Å². The van der Waals surface area contributed by atoms with Crippen molar-refractivity contribution in [2.45, 2.75) is 26.2 Å². The van der Waals surface area contributed by atoms with Crippen LogP contribution < -0.4 is 15.4 Å². The fourth-order valence-electron chi connectivity index (χ4n) is 2.93. The van der Waals surface area contributed by atoms with Gasteiger partial charge >= 0.3 is 6.03 Å². The zero-order valence-electron chi connectivity index (χ0n) is 18.6. The van der Waals surface area contributed by atoms with Crippen molar-refractivity contribution < 1.29 is 13.9 Å². The number of ether oxygens (including phenoxy) is 1. The van der Waals surface area contributed by atoms with Crippen molar-refractivity contribution in [3.63, 3.8) is 0 Å². The number of hydrogen-bond donors (Lipinski definition) is 2. The standard InChI is InChI=1S/C22H23FN8O2/c1-22(2,3)18-11-20(30(4)29-18)28-21(32)27-17-6-5-14(9-16(17)23)33-15-7-8-25-19(10-15)31-13-24-12-26-31/h5-13H,1-4H3,(H2,27,28,32). The molecule has 0 saturated heterocycles. The van der Waals surface area contributed by atoms with Gasteiger partial charge in [0.2, 0.25) is 0 Å². The van der Waals surface area contributed by atoms with Crippen molar-refractivity contribution in [1.29, 1.82) is 0 Å². The molecule has 0 aliphatic heterocycles. The number of nitrogens with zero attached hydrogens (tertiary/aromatic N) is 6. The lowest BCUT2D eigenvalue weighted by atomic mass is 9.92. The van der Waals surface area contributed by atoms with E-state index in [2.05, 4.69) is 30.8 Å². The number of nitrogens with one attached hydrogen (secondary N) is 2. The largest absolute Gasteiger partial charge is 0.457 e. The number of hydrogen-bond acceptors (Lipinski definition) is 6. The maximum atomic E-state index is 14.6. The number of carbonyl (C=O) groups is 1. The molecular weight excluding hydrogens is 427 g/mol. The van der Waals surface area contributed by atoms with Crippen molar-refractivity contribution in [1.82, 2.24) is 29.5 Å². The lowest BCUT2D eigenvalue weighted by Gasteiger charge is -2.13. The van der Waals surface area contributed by atoms with Crippen LogP contribution in [0.5, 0.6) is 11.5 Å². The first-order chi connectivity index (χ1) is 15.7. The molecule has 0 saturated carbocycles. The van der Waals surface area contributed by atoms with Gasteiger partial charge in [-0.05, 0) is 18.2 Å². The molecule has 0 aliphatic rings. The average Bonchev–Trinajstić information content (AvgIpc) is 3.41. The number of aromatic nitrogens is 6. The quantitative estimate of drug-likeness (QED) is 0.470. The Balaban J connectivity index is 1.42. The molecule has 0 aliphatic carbocycles. The molecule has 4 rings (SSSR count). The highest BCUT2D eigenvalue weighted by Gasteiger charge is 2.20. The predicted molar refractivity (Wildman–Crippen MR) is 120 cm³/mol. The molecule has 170 valence electrons. The number of carbonyl (C=O) groups excluding carboxylic acids is 1. The van der Waals surface area contributed by atoms with Crippen molar-refractivity contribution in [2.75, 3.05) is 10.6 Å². The van der Waals surface area contributed by atoms with E-state index in [0.717, 1.165) is 5.69 Å². The minimum absolute atomic E-state index is 0.0103. The summed E-state index contributed by atoms with van der Waals surface area (Å²) in [4.78, 5) is 20.5. The van der Waals surface area contributed by atoms with Gasteiger partial charge < -0.3 is 10.1 Å². The molecule has 0 atom stereocenters. The third kappa shape index (κ3) is 5.14. The molecule has 1 aromatic carbocycles. The highest BCUT2D eigenvalue weighted by molar-refractivity contribution is 5.99. The van der Waals surface area contributed by atoms with Crippen molar-refractivity contribution >= 4 is 17.5 Å². The van der Waals surface area contributed by atoms with Crippen molar-refractivity contribution in [3.05, 3.63) is 66.8 Å². The average molecular weight is 450 g/mol. The zero-order chi connectivity index (χ0) is 23.6. The second-order valence-electron chi connectivity index (χ2n) is 8.30. The third-order valence-electron chi connectivity index (χ3n) is 4.68. The SMILES string of the molecule is Cn1nc(C(C)(C)C)cc1NC(=O)Nc1ccc(Oc2ccnc(-n3cncn3)c2)cc1F. The fraction of sp³-hybridized carbons (Fsp3) is 0.227. The number of benzene rings is 1. The normalized spacial score (nSPS) is 11.3. The summed E-state index contributed by atoms with van der Waals surface area (Å²) >= 11 is 0. The maximum Gasteiger partial charge on any atom is 0.324 e. The summed E-state index contributed by atoms with van der Waals surface area (Å²) < 4.78 is 23.4. The summed E-state index contributed by atoms with van der Waals surface area (Å²) in [7, 11) is 1.73. The van der Waals surface area contributed by atoms with E-state index in [1.165, 1.54) is 29.5 Å². The van der Waals surface area contributed by atoms with Crippen LogP contribution in [-0.4, -0.2) is 35.6 Å². The van der Waals surface area contributed by atoms with Gasteiger partial charge in [0.1, 0.15) is 35.8 Å². The Morgan fingerprint density at radius 2 is 1.88 bits per heavy atom. The van der Waals surface area contributed by atoms with Crippen LogP contribution in [0.15, 0.2) is 55.2 Å². The molecule has 10 nitrogen and oxygen atoms in total. The molecular formula is C22H23FN8O2. The van der Waals surface area contributed by atoms with Crippen LogP contribution in [0.2, 0.25) is 0 Å². The fourth-order valence-corrected chi connectivity index (χ4v) is 2.93. The van der Waals surface area contributed by atoms with Crippen LogP contribution in [0.1, 0.15) is 26.5 Å². The summed E-state index contributed by atoms with van der Waals surface area (Å²) in [5.41, 5.74) is 0.674. The van der Waals surface area contributed by atoms with E-state index in [0.29, 0.717) is 17.4 Å². The molecule has 11 heteroatoms. The number of aryl methyl sites for hydroxylation is 1. The van der Waals surface area contributed by atoms with Gasteiger partial charge in [-0.1, -0.05) is 20.8 Å². The number of halogens is 1. The van der Waals surface area contributed by atoms with Crippen LogP contribution in [0.3, 0.4) is 0 Å². The highest BCUT2D eigenvalue weighted by Crippen LogP contribution is 2.27. The first-order valence-corrected chi connectivity index (χ1v) is 10.1. The summed E-state index contributed by atoms with van der Waals surface area (Å²) in [5.74, 6) is 1.06. The van der Waals surface area contributed by atoms with Gasteiger partial charge in [-0.15, -0.1) is 0 Å². The molecule has 3 aromatic heterocycles. The van der Waals surface area contributed by atoms with E-state index >= 15 is 0 Å². The minimum Gasteiger partial charge on any atom is -0.457 e. The van der Waals surface area contributed by atoms with Crippen LogP contribution in [0.4, 0.5) is 20.7 Å². The Hall–Kier alpha value is -4.28. The van der Waals surface area contributed by atoms with Gasteiger partial charge in [-0.25, -0.2) is 23.8 Å². The molecule has 2 amide bonds. The number of urea groups is 1. The molecule has 0 fully saturated rings. The Labute approximate surface area is 189 Å². The molecule has 3 heterocycles. The topological polar surface area (TPSA) is 112 Å². The van der Waals surface area contributed by atoms with E-state index in [9.17, 15) is 9.18 Å². The Kier molecular flexibility index (Phi) is 5.78. The van der Waals surface area contributed by atoms with E-state index in [1.54, 1.807) is 42.2 Å². The third-order valence-corrected chi connectivity index (χ3v) is 4.68. The first kappa shape index (κ1) is 21.9. The van der Waals surface area contributed by atoms with Gasteiger partial charge in [-0.3, -0.25) is 10.00 Å². The molecule has 0 spiro atoms. The molecule has 0 bridgehead atoms. The number of rotatable bonds is 5. The predicted octanol–water partition coefficient (Wildman–Crippen LogP) is 4.27. The van der Waals surface area contributed by atoms with Crippen LogP contribution in [0, 0.1) is 5.82 Å². The van der Waals surface area contributed by atoms with Gasteiger partial charge in [0.15, 0.2) is 5.82 Å². The number of anilines is 2. The van der Waals surface area contributed by atoms with Crippen LogP contribution in [-0.2, 0) is 12.5 Å². The smallest absolute Gasteiger partial charge is 0.324 e. The van der Waals surface area contributed by atoms with Crippen molar-refractivity contribution in [3.8, 4) is 17.3 Å². The Morgan fingerprint density at radius 3 is 2.55 bits per heavy atom. The molecule has 0 unspecified atom stereocenters. The van der Waals surface area contributed by atoms with Gasteiger partial charge in [0, 0.05) is 36.9 Å². The second kappa shape index (κ2) is 8.69. The monoisotopic (exact) mass is 450 g/mol. The number of amides is 2. The zero-order valence-corrected chi connectivity index (χ0v) is 18.6. The van der Waals surface area contributed by atoms with Crippen molar-refractivity contribution in [2.24, 2.45) is 7.05 Å². The first-order valence-electron chi connectivity index (χ1n) is 10.1. The van der Waals surface area contributed by atoms with E-state index in [1.807, 2.05) is 20.8 Å². The van der Waals surface area contributed by atoms with E-state index in [4.69, 9.17) is 4.74 Å². The van der Waals surface area contributed by atoms with E-state index in [-0.39, 0.29) is 16.9 Å². The minimum atomic E-state index is -0.645. The summed E-state index contributed by atoms with van der Waals surface area (Å²) in [6.07, 6.45) is 4.45.